The highest BCUT2D eigenvalue weighted by atomic mass is 16.5. The number of ether oxygens (including phenoxy) is 2. The van der Waals surface area contributed by atoms with Crippen LogP contribution in [0.25, 0.3) is 0 Å². The van der Waals surface area contributed by atoms with Gasteiger partial charge in [0.1, 0.15) is 17.2 Å². The summed E-state index contributed by atoms with van der Waals surface area (Å²) in [6.07, 6.45) is 2.72. The fraction of sp³-hybridized carbons (Fsp3) is 0.316. The quantitative estimate of drug-likeness (QED) is 0.753. The number of nitrogens with zero attached hydrogens (tertiary/aromatic N) is 1. The Morgan fingerprint density at radius 1 is 1.09 bits per heavy atom. The average Bonchev–Trinajstić information content (AvgIpc) is 2.53. The Balaban J connectivity index is 2.04. The number of rotatable bonds is 7. The first kappa shape index (κ1) is 16.9. The summed E-state index contributed by atoms with van der Waals surface area (Å²) >= 11 is 0. The Morgan fingerprint density at radius 3 is 2.39 bits per heavy atom. The van der Waals surface area contributed by atoms with Crippen LogP contribution in [0.1, 0.15) is 32.8 Å². The van der Waals surface area contributed by atoms with Crippen LogP contribution in [0, 0.1) is 0 Å². The predicted octanol–water partition coefficient (Wildman–Crippen LogP) is 4.72. The van der Waals surface area contributed by atoms with E-state index in [-0.39, 0.29) is 11.9 Å². The van der Waals surface area contributed by atoms with Gasteiger partial charge in [0.05, 0.1) is 18.4 Å². The van der Waals surface area contributed by atoms with Gasteiger partial charge in [-0.25, -0.2) is 0 Å². The summed E-state index contributed by atoms with van der Waals surface area (Å²) < 4.78 is 11.1. The van der Waals surface area contributed by atoms with Gasteiger partial charge in [-0.3, -0.25) is 4.99 Å². The molecule has 0 saturated heterocycles. The first-order chi connectivity index (χ1) is 11.1. The predicted molar refractivity (Wildman–Crippen MR) is 93.4 cm³/mol. The summed E-state index contributed by atoms with van der Waals surface area (Å²) in [5.74, 6) is 1.64. The molecule has 0 aliphatic carbocycles. The second-order valence-electron chi connectivity index (χ2n) is 5.49. The minimum Gasteiger partial charge on any atom is -0.507 e. The van der Waals surface area contributed by atoms with E-state index in [9.17, 15) is 5.11 Å². The number of hydrogen-bond acceptors (Lipinski definition) is 4. The van der Waals surface area contributed by atoms with E-state index in [1.807, 2.05) is 51.1 Å². The van der Waals surface area contributed by atoms with Crippen molar-refractivity contribution in [2.24, 2.45) is 4.99 Å². The lowest BCUT2D eigenvalue weighted by Crippen LogP contribution is -2.04. The third-order valence-electron chi connectivity index (χ3n) is 3.04. The fourth-order valence-corrected chi connectivity index (χ4v) is 1.97. The van der Waals surface area contributed by atoms with Crippen molar-refractivity contribution in [1.82, 2.24) is 0 Å². The lowest BCUT2D eigenvalue weighted by atomic mass is 10.2. The highest BCUT2D eigenvalue weighted by Gasteiger charge is 2.02. The molecule has 0 aliphatic rings. The van der Waals surface area contributed by atoms with Crippen LogP contribution in [-0.2, 0) is 0 Å². The van der Waals surface area contributed by atoms with E-state index in [0.29, 0.717) is 17.9 Å². The Bertz CT molecular complexity index is 648. The molecular weight excluding hydrogens is 290 g/mol. The molecular formula is C19H23NO3. The van der Waals surface area contributed by atoms with Crippen molar-refractivity contribution in [2.45, 2.75) is 33.3 Å². The van der Waals surface area contributed by atoms with Crippen LogP contribution in [0.4, 0.5) is 5.69 Å². The molecule has 0 aromatic heterocycles. The molecule has 2 rings (SSSR count). The largest absolute Gasteiger partial charge is 0.507 e. The maximum absolute atomic E-state index is 10.0. The molecule has 23 heavy (non-hydrogen) atoms. The van der Waals surface area contributed by atoms with Crippen LogP contribution in [0.5, 0.6) is 17.2 Å². The molecule has 0 atom stereocenters. The van der Waals surface area contributed by atoms with E-state index in [1.54, 1.807) is 18.3 Å². The van der Waals surface area contributed by atoms with Crippen molar-refractivity contribution in [1.29, 1.82) is 0 Å². The van der Waals surface area contributed by atoms with E-state index in [0.717, 1.165) is 17.9 Å². The number of benzene rings is 2. The molecule has 0 aliphatic heterocycles. The maximum Gasteiger partial charge on any atom is 0.128 e. The molecule has 0 unspecified atom stereocenters. The van der Waals surface area contributed by atoms with Crippen molar-refractivity contribution in [3.05, 3.63) is 48.0 Å². The van der Waals surface area contributed by atoms with Crippen LogP contribution in [0.15, 0.2) is 47.5 Å². The Morgan fingerprint density at radius 2 is 1.78 bits per heavy atom. The fourth-order valence-electron chi connectivity index (χ4n) is 1.97. The highest BCUT2D eigenvalue weighted by molar-refractivity contribution is 5.85. The SMILES string of the molecule is CCCOc1ccc(C=Nc2ccc(OC(C)C)cc2)c(O)c1. The van der Waals surface area contributed by atoms with Crippen LogP contribution in [0.3, 0.4) is 0 Å². The highest BCUT2D eigenvalue weighted by Crippen LogP contribution is 2.24. The topological polar surface area (TPSA) is 51.0 Å². The molecule has 122 valence electrons. The van der Waals surface area contributed by atoms with E-state index < -0.39 is 0 Å². The lowest BCUT2D eigenvalue weighted by Gasteiger charge is -2.09. The van der Waals surface area contributed by atoms with E-state index in [1.165, 1.54) is 0 Å². The van der Waals surface area contributed by atoms with E-state index in [4.69, 9.17) is 9.47 Å². The number of aromatic hydroxyl groups is 1. The molecule has 0 spiro atoms. The van der Waals surface area contributed by atoms with Gasteiger partial charge in [0.15, 0.2) is 0 Å². The monoisotopic (exact) mass is 313 g/mol. The zero-order valence-electron chi connectivity index (χ0n) is 13.8. The summed E-state index contributed by atoms with van der Waals surface area (Å²) in [6, 6.07) is 12.8. The van der Waals surface area contributed by atoms with Gasteiger partial charge in [-0.2, -0.15) is 0 Å². The molecule has 1 N–H and O–H groups in total. The number of aliphatic imine (C=N–C) groups is 1. The smallest absolute Gasteiger partial charge is 0.128 e. The third kappa shape index (κ3) is 5.33. The van der Waals surface area contributed by atoms with Gasteiger partial charge in [0.2, 0.25) is 0 Å². The van der Waals surface area contributed by atoms with Gasteiger partial charge >= 0.3 is 0 Å². The van der Waals surface area contributed by atoms with Gasteiger partial charge in [0, 0.05) is 17.8 Å². The van der Waals surface area contributed by atoms with E-state index in [2.05, 4.69) is 4.99 Å². The minimum atomic E-state index is 0.148. The second kappa shape index (κ2) is 8.22. The van der Waals surface area contributed by atoms with Crippen LogP contribution in [0.2, 0.25) is 0 Å². The zero-order valence-corrected chi connectivity index (χ0v) is 13.8. The van der Waals surface area contributed by atoms with Gasteiger partial charge in [0.25, 0.3) is 0 Å². The minimum absolute atomic E-state index is 0.148. The molecule has 4 nitrogen and oxygen atoms in total. The van der Waals surface area contributed by atoms with Gasteiger partial charge in [-0.05, 0) is 56.7 Å². The summed E-state index contributed by atoms with van der Waals surface area (Å²) in [7, 11) is 0. The van der Waals surface area contributed by atoms with Gasteiger partial charge in [-0.1, -0.05) is 6.92 Å². The van der Waals surface area contributed by atoms with Crippen molar-refractivity contribution in [3.8, 4) is 17.2 Å². The van der Waals surface area contributed by atoms with Crippen molar-refractivity contribution in [2.75, 3.05) is 6.61 Å². The Kier molecular flexibility index (Phi) is 6.03. The van der Waals surface area contributed by atoms with Crippen molar-refractivity contribution < 1.29 is 14.6 Å². The Hall–Kier alpha value is -2.49. The van der Waals surface area contributed by atoms with Crippen molar-refractivity contribution >= 4 is 11.9 Å². The summed E-state index contributed by atoms with van der Waals surface area (Å²) in [5, 5.41) is 10.0. The molecule has 0 heterocycles. The lowest BCUT2D eigenvalue weighted by molar-refractivity contribution is 0.242. The Labute approximate surface area is 137 Å². The standard InChI is InChI=1S/C19H23NO3/c1-4-11-22-18-8-5-15(19(21)12-18)13-20-16-6-9-17(10-7-16)23-14(2)3/h5-10,12-14,21H,4,11H2,1-3H3. The second-order valence-corrected chi connectivity index (χ2v) is 5.49. The molecule has 0 bridgehead atoms. The number of hydrogen-bond donors (Lipinski definition) is 1. The van der Waals surface area contributed by atoms with E-state index >= 15 is 0 Å². The molecule has 2 aromatic carbocycles. The first-order valence-electron chi connectivity index (χ1n) is 7.85. The maximum atomic E-state index is 10.0. The number of phenols is 1. The van der Waals surface area contributed by atoms with Gasteiger partial charge in [-0.15, -0.1) is 0 Å². The average molecular weight is 313 g/mol. The molecule has 2 aromatic rings. The summed E-state index contributed by atoms with van der Waals surface area (Å²) in [6.45, 7) is 6.65. The molecule has 0 saturated carbocycles. The first-order valence-corrected chi connectivity index (χ1v) is 7.85. The summed E-state index contributed by atoms with van der Waals surface area (Å²) in [4.78, 5) is 4.37. The van der Waals surface area contributed by atoms with Gasteiger partial charge < -0.3 is 14.6 Å². The summed E-state index contributed by atoms with van der Waals surface area (Å²) in [5.41, 5.74) is 1.45. The number of phenolic OH excluding ortho intramolecular Hbond substituents is 1. The van der Waals surface area contributed by atoms with Crippen molar-refractivity contribution in [3.63, 3.8) is 0 Å². The normalized spacial score (nSPS) is 11.1. The molecule has 0 amide bonds. The zero-order chi connectivity index (χ0) is 16.7. The molecule has 4 heteroatoms. The third-order valence-corrected chi connectivity index (χ3v) is 3.04. The van der Waals surface area contributed by atoms with Crippen LogP contribution >= 0.6 is 0 Å². The molecule has 0 fully saturated rings. The van der Waals surface area contributed by atoms with Crippen LogP contribution < -0.4 is 9.47 Å². The molecule has 0 radical (unpaired) electrons. The van der Waals surface area contributed by atoms with Crippen LogP contribution in [-0.4, -0.2) is 24.0 Å².